The van der Waals surface area contributed by atoms with E-state index in [-0.39, 0.29) is 24.0 Å². The summed E-state index contributed by atoms with van der Waals surface area (Å²) < 4.78 is 0. The van der Waals surface area contributed by atoms with Crippen LogP contribution in [0.3, 0.4) is 0 Å². The summed E-state index contributed by atoms with van der Waals surface area (Å²) >= 11 is 5.92. The van der Waals surface area contributed by atoms with Gasteiger partial charge in [-0.2, -0.15) is 0 Å². The van der Waals surface area contributed by atoms with Crippen LogP contribution in [-0.2, 0) is 0 Å². The van der Waals surface area contributed by atoms with E-state index in [1.165, 1.54) is 24.9 Å². The third-order valence-corrected chi connectivity index (χ3v) is 4.44. The zero-order valence-electron chi connectivity index (χ0n) is 12.0. The Balaban J connectivity index is 0.00000161. The first-order chi connectivity index (χ1) is 9.72. The lowest BCUT2D eigenvalue weighted by atomic mass is 9.94. The molecule has 0 spiro atoms. The smallest absolute Gasteiger partial charge is 0.191 e. The molecule has 0 atom stereocenters. The highest BCUT2D eigenvalue weighted by Gasteiger charge is 2.21. The first kappa shape index (κ1) is 16.7. The Kier molecular flexibility index (Phi) is 5.98. The highest BCUT2D eigenvalue weighted by Crippen LogP contribution is 2.22. The molecule has 0 aromatic heterocycles. The fraction of sp³-hybridized carbons (Fsp3) is 0.533. The van der Waals surface area contributed by atoms with Gasteiger partial charge in [-0.3, -0.25) is 0 Å². The molecule has 2 N–H and O–H groups in total. The van der Waals surface area contributed by atoms with Gasteiger partial charge in [0.25, 0.3) is 0 Å². The molecule has 4 nitrogen and oxygen atoms in total. The van der Waals surface area contributed by atoms with Crippen molar-refractivity contribution < 1.29 is 0 Å². The normalized spacial score (nSPS) is 20.0. The molecular weight excluding hydrogens is 399 g/mol. The fourth-order valence-electron chi connectivity index (χ4n) is 2.63. The Morgan fingerprint density at radius 2 is 1.71 bits per heavy atom. The van der Waals surface area contributed by atoms with E-state index in [0.29, 0.717) is 6.04 Å². The summed E-state index contributed by atoms with van der Waals surface area (Å²) in [5.74, 6) is 0.727. The minimum absolute atomic E-state index is 0. The number of rotatable bonds is 2. The predicted octanol–water partition coefficient (Wildman–Crippen LogP) is 2.95. The Bertz CT molecular complexity index is 479. The van der Waals surface area contributed by atoms with Crippen LogP contribution in [0, 0.1) is 0 Å². The number of piperazine rings is 1. The maximum atomic E-state index is 6.10. The van der Waals surface area contributed by atoms with Crippen molar-refractivity contribution in [2.75, 3.05) is 31.1 Å². The Hall–Kier alpha value is -0.690. The number of halogens is 2. The Morgan fingerprint density at radius 3 is 2.24 bits per heavy atom. The van der Waals surface area contributed by atoms with E-state index in [4.69, 9.17) is 17.3 Å². The van der Waals surface area contributed by atoms with E-state index in [2.05, 4.69) is 26.9 Å². The summed E-state index contributed by atoms with van der Waals surface area (Å²) in [4.78, 5) is 9.16. The molecule has 0 bridgehead atoms. The number of anilines is 1. The standard InChI is InChI=1S/C15H21ClN4.HI/c16-12-4-6-14(7-5-12)19-8-10-20(11-9-19)15(17)18-13-2-1-3-13;/h4-7,13H,1-3,8-11H2,(H2,17,18);1H. The van der Waals surface area contributed by atoms with Crippen LogP contribution in [0.2, 0.25) is 5.02 Å². The lowest BCUT2D eigenvalue weighted by Crippen LogP contribution is -2.51. The van der Waals surface area contributed by atoms with Crippen LogP contribution in [0.1, 0.15) is 19.3 Å². The van der Waals surface area contributed by atoms with Gasteiger partial charge < -0.3 is 15.5 Å². The molecule has 1 saturated carbocycles. The van der Waals surface area contributed by atoms with Crippen molar-refractivity contribution in [1.82, 2.24) is 4.90 Å². The van der Waals surface area contributed by atoms with Gasteiger partial charge in [0.15, 0.2) is 5.96 Å². The highest BCUT2D eigenvalue weighted by atomic mass is 127. The van der Waals surface area contributed by atoms with E-state index >= 15 is 0 Å². The van der Waals surface area contributed by atoms with E-state index in [9.17, 15) is 0 Å². The molecule has 1 aliphatic heterocycles. The van der Waals surface area contributed by atoms with Gasteiger partial charge in [-0.05, 0) is 43.5 Å². The number of guanidine groups is 1. The van der Waals surface area contributed by atoms with Crippen LogP contribution in [0.5, 0.6) is 0 Å². The molecule has 1 aromatic carbocycles. The number of nitrogens with zero attached hydrogens (tertiary/aromatic N) is 3. The summed E-state index contributed by atoms with van der Waals surface area (Å²) in [5, 5.41) is 0.782. The van der Waals surface area contributed by atoms with Gasteiger partial charge in [0.05, 0.1) is 6.04 Å². The first-order valence-corrected chi connectivity index (χ1v) is 7.69. The molecule has 2 aliphatic rings. The van der Waals surface area contributed by atoms with Crippen molar-refractivity contribution in [1.29, 1.82) is 0 Å². The third kappa shape index (κ3) is 4.16. The summed E-state index contributed by atoms with van der Waals surface area (Å²) in [6.07, 6.45) is 3.70. The minimum Gasteiger partial charge on any atom is -0.370 e. The number of hydrogen-bond donors (Lipinski definition) is 1. The van der Waals surface area contributed by atoms with E-state index < -0.39 is 0 Å². The molecular formula is C15H22ClIN4. The second kappa shape index (κ2) is 7.54. The van der Waals surface area contributed by atoms with Crippen LogP contribution in [-0.4, -0.2) is 43.1 Å². The van der Waals surface area contributed by atoms with Crippen molar-refractivity contribution in [3.63, 3.8) is 0 Å². The zero-order valence-corrected chi connectivity index (χ0v) is 15.1. The van der Waals surface area contributed by atoms with E-state index in [1.807, 2.05) is 12.1 Å². The molecule has 2 fully saturated rings. The van der Waals surface area contributed by atoms with Crippen molar-refractivity contribution >= 4 is 47.2 Å². The molecule has 0 radical (unpaired) electrons. The molecule has 21 heavy (non-hydrogen) atoms. The quantitative estimate of drug-likeness (QED) is 0.454. The molecule has 1 heterocycles. The zero-order chi connectivity index (χ0) is 13.9. The minimum atomic E-state index is 0. The molecule has 0 amide bonds. The number of nitrogens with two attached hydrogens (primary N) is 1. The van der Waals surface area contributed by atoms with Crippen LogP contribution in [0.15, 0.2) is 29.3 Å². The van der Waals surface area contributed by atoms with Crippen LogP contribution >= 0.6 is 35.6 Å². The second-order valence-electron chi connectivity index (χ2n) is 5.52. The second-order valence-corrected chi connectivity index (χ2v) is 5.96. The maximum absolute atomic E-state index is 6.10. The number of aliphatic imine (C=N–C) groups is 1. The van der Waals surface area contributed by atoms with Gasteiger partial charge in [-0.15, -0.1) is 24.0 Å². The summed E-state index contributed by atoms with van der Waals surface area (Å²) in [6.45, 7) is 3.82. The van der Waals surface area contributed by atoms with Crippen molar-refractivity contribution in [3.8, 4) is 0 Å². The van der Waals surface area contributed by atoms with E-state index in [0.717, 1.165) is 37.2 Å². The Morgan fingerprint density at radius 1 is 1.10 bits per heavy atom. The molecule has 6 heteroatoms. The molecule has 1 saturated heterocycles. The number of hydrogen-bond acceptors (Lipinski definition) is 2. The van der Waals surface area contributed by atoms with Crippen molar-refractivity contribution in [2.45, 2.75) is 25.3 Å². The summed E-state index contributed by atoms with van der Waals surface area (Å²) in [6, 6.07) is 8.50. The van der Waals surface area contributed by atoms with Crippen molar-refractivity contribution in [2.24, 2.45) is 10.7 Å². The van der Waals surface area contributed by atoms with Crippen LogP contribution < -0.4 is 10.6 Å². The van der Waals surface area contributed by atoms with Crippen molar-refractivity contribution in [3.05, 3.63) is 29.3 Å². The molecule has 116 valence electrons. The topological polar surface area (TPSA) is 44.9 Å². The van der Waals surface area contributed by atoms with Gasteiger partial charge in [0, 0.05) is 36.9 Å². The predicted molar refractivity (Wildman–Crippen MR) is 99.9 cm³/mol. The molecule has 0 unspecified atom stereocenters. The monoisotopic (exact) mass is 420 g/mol. The summed E-state index contributed by atoms with van der Waals surface area (Å²) in [7, 11) is 0. The first-order valence-electron chi connectivity index (χ1n) is 7.31. The fourth-order valence-corrected chi connectivity index (χ4v) is 2.76. The van der Waals surface area contributed by atoms with Gasteiger partial charge in [-0.25, -0.2) is 4.99 Å². The number of benzene rings is 1. The average molecular weight is 421 g/mol. The molecule has 1 aromatic rings. The largest absolute Gasteiger partial charge is 0.370 e. The van der Waals surface area contributed by atoms with Gasteiger partial charge in [-0.1, -0.05) is 11.6 Å². The SMILES string of the molecule is I.NC(=NC1CCC1)N1CCN(c2ccc(Cl)cc2)CC1. The average Bonchev–Trinajstić information content (AvgIpc) is 2.44. The third-order valence-electron chi connectivity index (χ3n) is 4.18. The van der Waals surface area contributed by atoms with Gasteiger partial charge >= 0.3 is 0 Å². The van der Waals surface area contributed by atoms with Gasteiger partial charge in [0.2, 0.25) is 0 Å². The Labute approximate surface area is 148 Å². The summed E-state index contributed by atoms with van der Waals surface area (Å²) in [5.41, 5.74) is 7.33. The lowest BCUT2D eigenvalue weighted by molar-refractivity contribution is 0.366. The van der Waals surface area contributed by atoms with E-state index in [1.54, 1.807) is 0 Å². The van der Waals surface area contributed by atoms with Gasteiger partial charge in [0.1, 0.15) is 0 Å². The van der Waals surface area contributed by atoms with Crippen LogP contribution in [0.25, 0.3) is 0 Å². The lowest BCUT2D eigenvalue weighted by Gasteiger charge is -2.37. The van der Waals surface area contributed by atoms with Crippen LogP contribution in [0.4, 0.5) is 5.69 Å². The maximum Gasteiger partial charge on any atom is 0.191 e. The molecule has 3 rings (SSSR count). The highest BCUT2D eigenvalue weighted by molar-refractivity contribution is 14.0. The molecule has 1 aliphatic carbocycles.